The highest BCUT2D eigenvalue weighted by Crippen LogP contribution is 2.27. The van der Waals surface area contributed by atoms with Gasteiger partial charge in [0.05, 0.1) is 6.61 Å². The van der Waals surface area contributed by atoms with Crippen LogP contribution < -0.4 is 14.8 Å². The number of halogens is 2. The van der Waals surface area contributed by atoms with Crippen LogP contribution in [0.25, 0.3) is 0 Å². The van der Waals surface area contributed by atoms with Gasteiger partial charge < -0.3 is 14.8 Å². The lowest BCUT2D eigenvalue weighted by Gasteiger charge is -2.08. The Bertz CT molecular complexity index is 605. The molecule has 0 atom stereocenters. The molecule has 112 valence electrons. The van der Waals surface area contributed by atoms with Crippen molar-refractivity contribution in [2.75, 3.05) is 19.0 Å². The van der Waals surface area contributed by atoms with Crippen molar-refractivity contribution in [3.8, 4) is 17.8 Å². The molecule has 2 rings (SSSR count). The maximum absolute atomic E-state index is 5.92. The van der Waals surface area contributed by atoms with Crippen molar-refractivity contribution in [2.45, 2.75) is 13.3 Å². The van der Waals surface area contributed by atoms with Crippen molar-refractivity contribution in [1.82, 2.24) is 15.0 Å². The summed E-state index contributed by atoms with van der Waals surface area (Å²) in [7, 11) is 1.69. The fraction of sp³-hybridized carbons (Fsp3) is 0.308. The first-order valence-corrected chi connectivity index (χ1v) is 7.07. The van der Waals surface area contributed by atoms with Gasteiger partial charge >= 0.3 is 12.0 Å². The van der Waals surface area contributed by atoms with Gasteiger partial charge in [0.25, 0.3) is 0 Å². The molecule has 21 heavy (non-hydrogen) atoms. The number of nitrogens with one attached hydrogen (secondary N) is 1. The Morgan fingerprint density at radius 3 is 2.33 bits per heavy atom. The molecule has 6 nitrogen and oxygen atoms in total. The summed E-state index contributed by atoms with van der Waals surface area (Å²) in [5.41, 5.74) is 0. The molecule has 0 fully saturated rings. The Balaban J connectivity index is 2.25. The lowest BCUT2D eigenvalue weighted by atomic mass is 10.3. The lowest BCUT2D eigenvalue weighted by molar-refractivity contribution is 0.285. The van der Waals surface area contributed by atoms with E-state index in [-0.39, 0.29) is 12.0 Å². The largest absolute Gasteiger partial charge is 0.463 e. The number of ether oxygens (including phenoxy) is 2. The molecule has 2 aromatic rings. The quantitative estimate of drug-likeness (QED) is 0.869. The molecular weight excluding hydrogens is 315 g/mol. The van der Waals surface area contributed by atoms with E-state index in [1.807, 2.05) is 6.92 Å². The molecule has 0 unspecified atom stereocenters. The minimum atomic E-state index is 0.0961. The first-order valence-electron chi connectivity index (χ1n) is 6.31. The molecule has 0 bridgehead atoms. The van der Waals surface area contributed by atoms with Crippen LogP contribution in [0.2, 0.25) is 10.0 Å². The van der Waals surface area contributed by atoms with Gasteiger partial charge in [-0.05, 0) is 24.6 Å². The van der Waals surface area contributed by atoms with Gasteiger partial charge in [-0.1, -0.05) is 30.1 Å². The molecule has 1 N–H and O–H groups in total. The summed E-state index contributed by atoms with van der Waals surface area (Å²) in [5.74, 6) is 0.779. The van der Waals surface area contributed by atoms with E-state index in [4.69, 9.17) is 32.7 Å². The molecule has 0 aliphatic heterocycles. The van der Waals surface area contributed by atoms with Gasteiger partial charge in [0.1, 0.15) is 5.75 Å². The molecule has 0 amide bonds. The van der Waals surface area contributed by atoms with Crippen LogP contribution in [0.4, 0.5) is 5.95 Å². The zero-order valence-electron chi connectivity index (χ0n) is 11.6. The third-order valence-corrected chi connectivity index (χ3v) is 2.73. The monoisotopic (exact) mass is 328 g/mol. The second-order valence-electron chi connectivity index (χ2n) is 4.03. The molecule has 0 radical (unpaired) electrons. The first kappa shape index (κ1) is 15.6. The summed E-state index contributed by atoms with van der Waals surface area (Å²) in [6.45, 7) is 2.50. The maximum Gasteiger partial charge on any atom is 0.330 e. The van der Waals surface area contributed by atoms with Crippen molar-refractivity contribution >= 4 is 29.2 Å². The third kappa shape index (κ3) is 4.61. The van der Waals surface area contributed by atoms with Crippen molar-refractivity contribution in [3.05, 3.63) is 28.2 Å². The SMILES string of the molecule is CCCOc1nc(NC)nc(Oc2cc(Cl)cc(Cl)c2)n1. The van der Waals surface area contributed by atoms with E-state index in [2.05, 4.69) is 20.3 Å². The van der Waals surface area contributed by atoms with E-state index >= 15 is 0 Å². The topological polar surface area (TPSA) is 69.2 Å². The zero-order chi connectivity index (χ0) is 15.2. The van der Waals surface area contributed by atoms with Crippen molar-refractivity contribution in [2.24, 2.45) is 0 Å². The average molecular weight is 329 g/mol. The van der Waals surface area contributed by atoms with Crippen LogP contribution in [0.3, 0.4) is 0 Å². The standard InChI is InChI=1S/C13H14Cl2N4O2/c1-3-4-20-12-17-11(16-2)18-13(19-12)21-10-6-8(14)5-9(15)7-10/h5-7H,3-4H2,1-2H3,(H,16,17,18,19). The zero-order valence-corrected chi connectivity index (χ0v) is 13.1. The van der Waals surface area contributed by atoms with E-state index in [0.29, 0.717) is 28.3 Å². The van der Waals surface area contributed by atoms with Gasteiger partial charge in [0, 0.05) is 17.1 Å². The number of rotatable bonds is 6. The number of benzene rings is 1. The number of aromatic nitrogens is 3. The Kier molecular flexibility index (Phi) is 5.41. The fourth-order valence-corrected chi connectivity index (χ4v) is 1.95. The Morgan fingerprint density at radius 2 is 1.71 bits per heavy atom. The van der Waals surface area contributed by atoms with E-state index in [1.54, 1.807) is 25.2 Å². The van der Waals surface area contributed by atoms with Crippen LogP contribution >= 0.6 is 23.2 Å². The van der Waals surface area contributed by atoms with Gasteiger partial charge in [-0.3, -0.25) is 0 Å². The minimum Gasteiger partial charge on any atom is -0.463 e. The van der Waals surface area contributed by atoms with Gasteiger partial charge in [-0.15, -0.1) is 4.98 Å². The molecule has 1 heterocycles. The Labute approximate surface area is 132 Å². The van der Waals surface area contributed by atoms with Crippen molar-refractivity contribution < 1.29 is 9.47 Å². The molecule has 1 aromatic heterocycles. The van der Waals surface area contributed by atoms with Crippen molar-refractivity contribution in [3.63, 3.8) is 0 Å². The number of anilines is 1. The summed E-state index contributed by atoms with van der Waals surface area (Å²) < 4.78 is 10.9. The Hall–Kier alpha value is -1.79. The summed E-state index contributed by atoms with van der Waals surface area (Å²) in [6, 6.07) is 5.13. The highest BCUT2D eigenvalue weighted by atomic mass is 35.5. The van der Waals surface area contributed by atoms with Crippen LogP contribution in [0, 0.1) is 0 Å². The highest BCUT2D eigenvalue weighted by Gasteiger charge is 2.09. The molecule has 0 aliphatic carbocycles. The minimum absolute atomic E-state index is 0.0961. The van der Waals surface area contributed by atoms with Gasteiger partial charge in [-0.2, -0.15) is 9.97 Å². The summed E-state index contributed by atoms with van der Waals surface area (Å²) in [4.78, 5) is 12.3. The molecular formula is C13H14Cl2N4O2. The van der Waals surface area contributed by atoms with Crippen LogP contribution in [0.1, 0.15) is 13.3 Å². The van der Waals surface area contributed by atoms with E-state index in [0.717, 1.165) is 6.42 Å². The van der Waals surface area contributed by atoms with Crippen LogP contribution in [0.15, 0.2) is 18.2 Å². The van der Waals surface area contributed by atoms with E-state index < -0.39 is 0 Å². The average Bonchev–Trinajstić information content (AvgIpc) is 2.43. The summed E-state index contributed by atoms with van der Waals surface area (Å²) >= 11 is 11.8. The molecule has 8 heteroatoms. The number of nitrogens with zero attached hydrogens (tertiary/aromatic N) is 3. The summed E-state index contributed by atoms with van der Waals surface area (Å²) in [5, 5.41) is 3.74. The van der Waals surface area contributed by atoms with Crippen LogP contribution in [0.5, 0.6) is 17.8 Å². The number of hydrogen-bond acceptors (Lipinski definition) is 6. The number of hydrogen-bond donors (Lipinski definition) is 1. The lowest BCUT2D eigenvalue weighted by Crippen LogP contribution is -2.06. The second-order valence-corrected chi connectivity index (χ2v) is 4.90. The molecule has 0 aliphatic rings. The maximum atomic E-state index is 5.92. The van der Waals surface area contributed by atoms with E-state index in [1.165, 1.54) is 0 Å². The first-order chi connectivity index (χ1) is 10.1. The van der Waals surface area contributed by atoms with Gasteiger partial charge in [0.15, 0.2) is 0 Å². The van der Waals surface area contributed by atoms with Gasteiger partial charge in [0.2, 0.25) is 5.95 Å². The predicted octanol–water partition coefficient (Wildman–Crippen LogP) is 3.80. The van der Waals surface area contributed by atoms with Gasteiger partial charge in [-0.25, -0.2) is 0 Å². The smallest absolute Gasteiger partial charge is 0.330 e. The third-order valence-electron chi connectivity index (χ3n) is 2.30. The molecule has 0 saturated carbocycles. The van der Waals surface area contributed by atoms with Crippen LogP contribution in [-0.2, 0) is 0 Å². The molecule has 0 saturated heterocycles. The Morgan fingerprint density at radius 1 is 1.05 bits per heavy atom. The van der Waals surface area contributed by atoms with Crippen molar-refractivity contribution in [1.29, 1.82) is 0 Å². The molecule has 1 aromatic carbocycles. The second kappa shape index (κ2) is 7.28. The van der Waals surface area contributed by atoms with Crippen LogP contribution in [-0.4, -0.2) is 28.6 Å². The predicted molar refractivity (Wildman–Crippen MR) is 81.7 cm³/mol. The highest BCUT2D eigenvalue weighted by molar-refractivity contribution is 6.34. The normalized spacial score (nSPS) is 10.3. The fourth-order valence-electron chi connectivity index (χ4n) is 1.45. The molecule has 0 spiro atoms. The van der Waals surface area contributed by atoms with E-state index in [9.17, 15) is 0 Å². The summed E-state index contributed by atoms with van der Waals surface area (Å²) in [6.07, 6.45) is 0.848.